The minimum absolute atomic E-state index is 0.171. The maximum Gasteiger partial charge on any atom is 0.243 e. The molecular weight excluding hydrogens is 300 g/mol. The van der Waals surface area contributed by atoms with Crippen molar-refractivity contribution < 1.29 is 22.3 Å². The topological polar surface area (TPSA) is 66.4 Å². The van der Waals surface area contributed by atoms with Crippen LogP contribution in [-0.2, 0) is 16.6 Å². The predicted molar refractivity (Wildman–Crippen MR) is 71.8 cm³/mol. The van der Waals surface area contributed by atoms with Gasteiger partial charge in [-0.3, -0.25) is 0 Å². The van der Waals surface area contributed by atoms with Crippen molar-refractivity contribution in [2.75, 3.05) is 0 Å². The number of benzene rings is 1. The van der Waals surface area contributed by atoms with E-state index in [1.54, 1.807) is 0 Å². The first-order valence-electron chi connectivity index (χ1n) is 7.02. The van der Waals surface area contributed by atoms with Gasteiger partial charge in [-0.2, -0.15) is 0 Å². The summed E-state index contributed by atoms with van der Waals surface area (Å²) < 4.78 is 54.6. The molecule has 4 nitrogen and oxygen atoms in total. The zero-order valence-corrected chi connectivity index (χ0v) is 12.2. The third-order valence-corrected chi connectivity index (χ3v) is 6.15. The second-order valence-electron chi connectivity index (χ2n) is 5.90. The van der Waals surface area contributed by atoms with Gasteiger partial charge in [0.25, 0.3) is 0 Å². The van der Waals surface area contributed by atoms with Crippen LogP contribution in [0.3, 0.4) is 0 Å². The molecule has 0 saturated heterocycles. The van der Waals surface area contributed by atoms with Gasteiger partial charge in [-0.25, -0.2) is 21.9 Å². The third-order valence-electron chi connectivity index (χ3n) is 4.64. The summed E-state index contributed by atoms with van der Waals surface area (Å²) in [5.74, 6) is -1.30. The minimum atomic E-state index is -4.05. The Labute approximate surface area is 122 Å². The third kappa shape index (κ3) is 2.58. The highest BCUT2D eigenvalue weighted by molar-refractivity contribution is 7.89. The summed E-state index contributed by atoms with van der Waals surface area (Å²) in [5.41, 5.74) is -0.620. The van der Waals surface area contributed by atoms with Crippen LogP contribution in [0, 0.1) is 23.5 Å². The number of hydrogen-bond donors (Lipinski definition) is 2. The molecule has 3 atom stereocenters. The molecule has 0 radical (unpaired) electrons. The Balaban J connectivity index is 1.88. The molecule has 2 saturated carbocycles. The molecule has 0 aromatic heterocycles. The van der Waals surface area contributed by atoms with Crippen molar-refractivity contribution >= 4 is 10.0 Å². The molecule has 3 rings (SSSR count). The summed E-state index contributed by atoms with van der Waals surface area (Å²) in [6.45, 7) is -0.880. The molecule has 116 valence electrons. The maximum absolute atomic E-state index is 14.1. The van der Waals surface area contributed by atoms with Gasteiger partial charge in [-0.1, -0.05) is 6.42 Å². The molecule has 0 heterocycles. The Morgan fingerprint density at radius 1 is 1.24 bits per heavy atom. The summed E-state index contributed by atoms with van der Waals surface area (Å²) in [4.78, 5) is -0.601. The first kappa shape index (κ1) is 14.9. The lowest BCUT2D eigenvalue weighted by Gasteiger charge is -2.23. The van der Waals surface area contributed by atoms with Crippen LogP contribution >= 0.6 is 0 Å². The Morgan fingerprint density at radius 3 is 2.57 bits per heavy atom. The van der Waals surface area contributed by atoms with E-state index in [2.05, 4.69) is 4.72 Å². The number of aliphatic hydroxyl groups excluding tert-OH is 1. The molecule has 2 bridgehead atoms. The van der Waals surface area contributed by atoms with E-state index >= 15 is 0 Å². The highest BCUT2D eigenvalue weighted by Crippen LogP contribution is 2.44. The van der Waals surface area contributed by atoms with Crippen LogP contribution in [0.4, 0.5) is 8.78 Å². The van der Waals surface area contributed by atoms with Crippen molar-refractivity contribution in [3.63, 3.8) is 0 Å². The second-order valence-corrected chi connectivity index (χ2v) is 7.58. The quantitative estimate of drug-likeness (QED) is 0.892. The maximum atomic E-state index is 14.1. The van der Waals surface area contributed by atoms with Crippen molar-refractivity contribution in [3.05, 3.63) is 29.3 Å². The van der Waals surface area contributed by atoms with Crippen LogP contribution in [0.25, 0.3) is 0 Å². The summed E-state index contributed by atoms with van der Waals surface area (Å²) >= 11 is 0. The van der Waals surface area contributed by atoms with Gasteiger partial charge >= 0.3 is 0 Å². The van der Waals surface area contributed by atoms with E-state index in [4.69, 9.17) is 5.11 Å². The Morgan fingerprint density at radius 2 is 2.00 bits per heavy atom. The Hall–Kier alpha value is -1.05. The first-order valence-corrected chi connectivity index (χ1v) is 8.50. The molecule has 2 N–H and O–H groups in total. The van der Waals surface area contributed by atoms with Crippen LogP contribution in [0.5, 0.6) is 0 Å². The van der Waals surface area contributed by atoms with Crippen molar-refractivity contribution in [3.8, 4) is 0 Å². The SMILES string of the molecule is O=S(=O)(NC1CC2CCC1C2)c1ccc(F)c(CO)c1F. The second kappa shape index (κ2) is 5.30. The van der Waals surface area contributed by atoms with Crippen LogP contribution < -0.4 is 4.72 Å². The summed E-state index contributed by atoms with van der Waals surface area (Å²) in [6.07, 6.45) is 3.91. The van der Waals surface area contributed by atoms with Gasteiger partial charge in [0, 0.05) is 6.04 Å². The number of nitrogens with one attached hydrogen (secondary N) is 1. The average molecular weight is 317 g/mol. The van der Waals surface area contributed by atoms with E-state index in [-0.39, 0.29) is 6.04 Å². The molecule has 0 spiro atoms. The summed E-state index contributed by atoms with van der Waals surface area (Å²) in [6, 6.07) is 1.60. The van der Waals surface area contributed by atoms with Crippen molar-refractivity contribution in [1.82, 2.24) is 4.72 Å². The zero-order valence-electron chi connectivity index (χ0n) is 11.4. The van der Waals surface area contributed by atoms with Crippen LogP contribution in [-0.4, -0.2) is 19.6 Å². The Kier molecular flexibility index (Phi) is 3.75. The molecule has 3 unspecified atom stereocenters. The van der Waals surface area contributed by atoms with Crippen LogP contribution in [0.1, 0.15) is 31.2 Å². The molecule has 1 aromatic rings. The van der Waals surface area contributed by atoms with E-state index in [1.165, 1.54) is 0 Å². The lowest BCUT2D eigenvalue weighted by atomic mass is 9.96. The normalized spacial score (nSPS) is 28.2. The van der Waals surface area contributed by atoms with Gasteiger partial charge in [0.2, 0.25) is 10.0 Å². The fourth-order valence-electron chi connectivity index (χ4n) is 3.58. The number of fused-ring (bicyclic) bond motifs is 2. The zero-order chi connectivity index (χ0) is 15.2. The monoisotopic (exact) mass is 317 g/mol. The molecule has 21 heavy (non-hydrogen) atoms. The predicted octanol–water partition coefficient (Wildman–Crippen LogP) is 1.92. The number of hydrogen-bond acceptors (Lipinski definition) is 3. The highest BCUT2D eigenvalue weighted by Gasteiger charge is 2.41. The Bertz CT molecular complexity index is 662. The van der Waals surface area contributed by atoms with Crippen LogP contribution in [0.15, 0.2) is 17.0 Å². The molecule has 7 heteroatoms. The number of sulfonamides is 1. The molecule has 2 aliphatic carbocycles. The van der Waals surface area contributed by atoms with Gasteiger partial charge in [-0.05, 0) is 43.2 Å². The minimum Gasteiger partial charge on any atom is -0.391 e. The lowest BCUT2D eigenvalue weighted by molar-refractivity contribution is 0.267. The fourth-order valence-corrected chi connectivity index (χ4v) is 5.00. The summed E-state index contributed by atoms with van der Waals surface area (Å²) in [7, 11) is -4.05. The molecular formula is C14H17F2NO3S. The first-order chi connectivity index (χ1) is 9.92. The molecule has 2 aliphatic rings. The van der Waals surface area contributed by atoms with Crippen LogP contribution in [0.2, 0.25) is 0 Å². The van der Waals surface area contributed by atoms with E-state index in [0.29, 0.717) is 11.8 Å². The number of halogens is 2. The largest absolute Gasteiger partial charge is 0.391 e. The van der Waals surface area contributed by atoms with Gasteiger partial charge in [0.15, 0.2) is 5.82 Å². The fraction of sp³-hybridized carbons (Fsp3) is 0.571. The molecule has 2 fully saturated rings. The van der Waals surface area contributed by atoms with Crippen molar-refractivity contribution in [2.45, 2.75) is 43.2 Å². The van der Waals surface area contributed by atoms with Gasteiger partial charge in [0.1, 0.15) is 10.7 Å². The molecule has 1 aromatic carbocycles. The van der Waals surface area contributed by atoms with E-state index in [1.807, 2.05) is 0 Å². The van der Waals surface area contributed by atoms with E-state index < -0.39 is 38.7 Å². The summed E-state index contributed by atoms with van der Waals surface area (Å²) in [5, 5.41) is 8.96. The van der Waals surface area contributed by atoms with Gasteiger partial charge in [-0.15, -0.1) is 0 Å². The molecule has 0 amide bonds. The molecule has 0 aliphatic heterocycles. The standard InChI is InChI=1S/C14H17F2NO3S/c15-11-3-4-13(14(16)10(11)7-18)21(19,20)17-12-6-8-1-2-9(12)5-8/h3-4,8-9,12,17-18H,1-2,5-7H2. The lowest BCUT2D eigenvalue weighted by Crippen LogP contribution is -2.38. The number of rotatable bonds is 4. The van der Waals surface area contributed by atoms with Crippen molar-refractivity contribution in [2.24, 2.45) is 11.8 Å². The average Bonchev–Trinajstić information content (AvgIpc) is 3.00. The highest BCUT2D eigenvalue weighted by atomic mass is 32.2. The smallest absolute Gasteiger partial charge is 0.243 e. The van der Waals surface area contributed by atoms with Gasteiger partial charge < -0.3 is 5.11 Å². The van der Waals surface area contributed by atoms with Crippen molar-refractivity contribution in [1.29, 1.82) is 0 Å². The number of aliphatic hydroxyl groups is 1. The van der Waals surface area contributed by atoms with E-state index in [9.17, 15) is 17.2 Å². The van der Waals surface area contributed by atoms with Gasteiger partial charge in [0.05, 0.1) is 12.2 Å². The van der Waals surface area contributed by atoms with E-state index in [0.717, 1.165) is 37.8 Å².